The summed E-state index contributed by atoms with van der Waals surface area (Å²) in [4.78, 5) is 15.5. The molecule has 0 heterocycles. The van der Waals surface area contributed by atoms with Crippen LogP contribution in [0.1, 0.15) is 31.4 Å². The monoisotopic (exact) mass is 328 g/mol. The Morgan fingerprint density at radius 3 is 2.67 bits per heavy atom. The molecule has 24 heavy (non-hydrogen) atoms. The molecule has 0 fully saturated rings. The van der Waals surface area contributed by atoms with E-state index in [1.807, 2.05) is 31.2 Å². The van der Waals surface area contributed by atoms with Gasteiger partial charge in [0.2, 0.25) is 0 Å². The maximum Gasteiger partial charge on any atom is 0.269 e. The van der Waals surface area contributed by atoms with Crippen LogP contribution in [0.2, 0.25) is 0 Å². The van der Waals surface area contributed by atoms with Crippen LogP contribution in [0.25, 0.3) is 0 Å². The van der Waals surface area contributed by atoms with Crippen molar-refractivity contribution in [2.75, 3.05) is 0 Å². The summed E-state index contributed by atoms with van der Waals surface area (Å²) in [6.45, 7) is 4.27. The highest BCUT2D eigenvalue weighted by molar-refractivity contribution is 5.79. The molecule has 0 bridgehead atoms. The van der Waals surface area contributed by atoms with Crippen molar-refractivity contribution in [2.45, 2.75) is 33.0 Å². The third-order valence-electron chi connectivity index (χ3n) is 3.42. The van der Waals surface area contributed by atoms with E-state index in [9.17, 15) is 10.1 Å². The van der Waals surface area contributed by atoms with E-state index in [0.29, 0.717) is 5.56 Å². The summed E-state index contributed by atoms with van der Waals surface area (Å²) in [5, 5.41) is 14.6. The summed E-state index contributed by atoms with van der Waals surface area (Å²) in [6, 6.07) is 13.8. The fraction of sp³-hybridized carbons (Fsp3) is 0.278. The van der Waals surface area contributed by atoms with Gasteiger partial charge in [0.15, 0.2) is 0 Å². The Morgan fingerprint density at radius 1 is 1.25 bits per heavy atom. The number of nitro groups is 1. The van der Waals surface area contributed by atoms with E-state index in [1.165, 1.54) is 12.1 Å². The summed E-state index contributed by atoms with van der Waals surface area (Å²) >= 11 is 0. The average Bonchev–Trinajstić information content (AvgIpc) is 2.60. The number of nitrogens with zero attached hydrogens (tertiary/aromatic N) is 2. The van der Waals surface area contributed by atoms with Crippen molar-refractivity contribution in [2.24, 2.45) is 5.16 Å². The minimum absolute atomic E-state index is 0.0389. The smallest absolute Gasteiger partial charge is 0.269 e. The van der Waals surface area contributed by atoms with Gasteiger partial charge in [0.05, 0.1) is 17.2 Å². The van der Waals surface area contributed by atoms with Crippen LogP contribution in [0.3, 0.4) is 0 Å². The van der Waals surface area contributed by atoms with Gasteiger partial charge in [-0.2, -0.15) is 0 Å². The first kappa shape index (κ1) is 17.5. The Bertz CT molecular complexity index is 698. The molecule has 6 heteroatoms. The highest BCUT2D eigenvalue weighted by Gasteiger charge is 2.05. The number of nitro benzene ring substituents is 1. The zero-order valence-electron chi connectivity index (χ0n) is 13.7. The number of oxime groups is 1. The van der Waals surface area contributed by atoms with Crippen molar-refractivity contribution in [1.82, 2.24) is 0 Å². The first-order chi connectivity index (χ1) is 11.6. The lowest BCUT2D eigenvalue weighted by Gasteiger charge is -2.12. The Kier molecular flexibility index (Phi) is 6.31. The number of ether oxygens (including phenoxy) is 1. The molecule has 0 unspecified atom stereocenters. The minimum atomic E-state index is -0.435. The molecular formula is C18H20N2O4. The van der Waals surface area contributed by atoms with Gasteiger partial charge in [-0.3, -0.25) is 10.1 Å². The van der Waals surface area contributed by atoms with Crippen molar-refractivity contribution in [3.05, 3.63) is 69.8 Å². The number of hydrogen-bond acceptors (Lipinski definition) is 5. The van der Waals surface area contributed by atoms with Gasteiger partial charge in [0, 0.05) is 12.1 Å². The maximum absolute atomic E-state index is 10.7. The van der Waals surface area contributed by atoms with Crippen molar-refractivity contribution in [1.29, 1.82) is 0 Å². The molecule has 0 aliphatic rings. The van der Waals surface area contributed by atoms with Crippen LogP contribution in [-0.4, -0.2) is 17.2 Å². The minimum Gasteiger partial charge on any atom is -0.491 e. The Labute approximate surface area is 140 Å². The van der Waals surface area contributed by atoms with Crippen molar-refractivity contribution >= 4 is 11.9 Å². The molecule has 0 saturated carbocycles. The lowest BCUT2D eigenvalue weighted by molar-refractivity contribution is -0.384. The Hall–Kier alpha value is -2.89. The molecule has 0 N–H and O–H groups in total. The summed E-state index contributed by atoms with van der Waals surface area (Å²) < 4.78 is 5.70. The third-order valence-corrected chi connectivity index (χ3v) is 3.42. The zero-order chi connectivity index (χ0) is 17.4. The van der Waals surface area contributed by atoms with Crippen LogP contribution in [-0.2, 0) is 11.4 Å². The van der Waals surface area contributed by atoms with Gasteiger partial charge in [-0.05, 0) is 48.7 Å². The second-order valence-electron chi connectivity index (χ2n) is 5.34. The predicted molar refractivity (Wildman–Crippen MR) is 92.3 cm³/mol. The van der Waals surface area contributed by atoms with Crippen molar-refractivity contribution in [3.63, 3.8) is 0 Å². The molecule has 6 nitrogen and oxygen atoms in total. The second kappa shape index (κ2) is 8.67. The van der Waals surface area contributed by atoms with Gasteiger partial charge in [-0.25, -0.2) is 0 Å². The summed E-state index contributed by atoms with van der Waals surface area (Å²) in [5.41, 5.74) is 1.61. The van der Waals surface area contributed by atoms with Gasteiger partial charge in [0.25, 0.3) is 5.69 Å². The second-order valence-corrected chi connectivity index (χ2v) is 5.34. The van der Waals surface area contributed by atoms with Crippen LogP contribution in [0.5, 0.6) is 5.75 Å². The molecule has 1 atom stereocenters. The molecular weight excluding hydrogens is 308 g/mol. The van der Waals surface area contributed by atoms with E-state index in [1.54, 1.807) is 18.3 Å². The normalized spacial score (nSPS) is 12.1. The highest BCUT2D eigenvalue weighted by atomic mass is 16.6. The first-order valence-corrected chi connectivity index (χ1v) is 7.74. The summed E-state index contributed by atoms with van der Waals surface area (Å²) in [7, 11) is 0. The highest BCUT2D eigenvalue weighted by Crippen LogP contribution is 2.15. The van der Waals surface area contributed by atoms with Crippen LogP contribution in [0.4, 0.5) is 5.69 Å². The van der Waals surface area contributed by atoms with Gasteiger partial charge in [0.1, 0.15) is 12.4 Å². The Morgan fingerprint density at radius 2 is 2.00 bits per heavy atom. The molecule has 0 radical (unpaired) electrons. The van der Waals surface area contributed by atoms with Crippen LogP contribution in [0, 0.1) is 10.1 Å². The average molecular weight is 328 g/mol. The number of non-ortho nitro benzene ring substituents is 1. The van der Waals surface area contributed by atoms with E-state index >= 15 is 0 Å². The topological polar surface area (TPSA) is 74.0 Å². The third kappa shape index (κ3) is 5.39. The van der Waals surface area contributed by atoms with Crippen LogP contribution in [0.15, 0.2) is 53.7 Å². The Balaban J connectivity index is 1.85. The molecule has 0 spiro atoms. The maximum atomic E-state index is 10.7. The van der Waals surface area contributed by atoms with Gasteiger partial charge in [-0.1, -0.05) is 24.2 Å². The molecule has 0 aliphatic carbocycles. The summed E-state index contributed by atoms with van der Waals surface area (Å²) in [5.74, 6) is 0.819. The largest absolute Gasteiger partial charge is 0.491 e. The molecule has 0 aliphatic heterocycles. The van der Waals surface area contributed by atoms with Gasteiger partial charge >= 0.3 is 0 Å². The van der Waals surface area contributed by atoms with Gasteiger partial charge < -0.3 is 9.57 Å². The SMILES string of the molecule is CC[C@@H](C)Oc1ccc(/C=N\OCc2cccc([N+](=O)[O-])c2)cc1. The fourth-order valence-electron chi connectivity index (χ4n) is 1.92. The van der Waals surface area contributed by atoms with Crippen LogP contribution < -0.4 is 4.74 Å². The zero-order valence-corrected chi connectivity index (χ0v) is 13.7. The van der Waals surface area contributed by atoms with Crippen molar-refractivity contribution < 1.29 is 14.5 Å². The van der Waals surface area contributed by atoms with E-state index in [0.717, 1.165) is 17.7 Å². The number of rotatable bonds is 8. The summed E-state index contributed by atoms with van der Waals surface area (Å²) in [6.07, 6.45) is 2.72. The quantitative estimate of drug-likeness (QED) is 0.411. The lowest BCUT2D eigenvalue weighted by Crippen LogP contribution is -2.09. The molecule has 126 valence electrons. The standard InChI is InChI=1S/C18H20N2O4/c1-3-14(2)24-18-9-7-15(8-10-18)12-19-23-13-16-5-4-6-17(11-16)20(21)22/h4-12,14H,3,13H2,1-2H3/b19-12-/t14-/m1/s1. The first-order valence-electron chi connectivity index (χ1n) is 7.74. The number of benzene rings is 2. The van der Waals surface area contributed by atoms with Gasteiger partial charge in [-0.15, -0.1) is 0 Å². The van der Waals surface area contributed by atoms with Crippen LogP contribution >= 0.6 is 0 Å². The molecule has 2 rings (SSSR count). The predicted octanol–water partition coefficient (Wildman–Crippen LogP) is 4.32. The molecule has 2 aromatic carbocycles. The molecule has 0 aromatic heterocycles. The molecule has 2 aromatic rings. The van der Waals surface area contributed by atoms with E-state index < -0.39 is 4.92 Å². The number of hydrogen-bond donors (Lipinski definition) is 0. The lowest BCUT2D eigenvalue weighted by atomic mass is 10.2. The molecule has 0 amide bonds. The fourth-order valence-corrected chi connectivity index (χ4v) is 1.92. The van der Waals surface area contributed by atoms with E-state index in [-0.39, 0.29) is 18.4 Å². The van der Waals surface area contributed by atoms with E-state index in [2.05, 4.69) is 12.1 Å². The van der Waals surface area contributed by atoms with E-state index in [4.69, 9.17) is 9.57 Å². The molecule has 0 saturated heterocycles. The van der Waals surface area contributed by atoms with Crippen molar-refractivity contribution in [3.8, 4) is 5.75 Å².